The maximum absolute atomic E-state index is 12.7. The molecule has 1 unspecified atom stereocenters. The van der Waals surface area contributed by atoms with Crippen molar-refractivity contribution in [3.05, 3.63) is 22.9 Å². The number of piperidine rings is 1. The summed E-state index contributed by atoms with van der Waals surface area (Å²) in [5, 5.41) is 7.94. The molecule has 9 nitrogen and oxygen atoms in total. The lowest BCUT2D eigenvalue weighted by Gasteiger charge is -2.41. The SMILES string of the molecule is Cn1ncc2c(=O)n(CCC(=O)N3CCCC(N4CCNCC4)C3)cnc21. The summed E-state index contributed by atoms with van der Waals surface area (Å²) in [4.78, 5) is 34.0. The molecular weight excluding hydrogens is 346 g/mol. The fraction of sp³-hybridized carbons (Fsp3) is 0.667. The van der Waals surface area contributed by atoms with E-state index in [4.69, 9.17) is 0 Å². The second-order valence-corrected chi connectivity index (χ2v) is 7.42. The van der Waals surface area contributed by atoms with Crippen LogP contribution < -0.4 is 10.9 Å². The molecule has 1 N–H and O–H groups in total. The summed E-state index contributed by atoms with van der Waals surface area (Å²) in [6.45, 7) is 6.13. The summed E-state index contributed by atoms with van der Waals surface area (Å²) in [6, 6.07) is 0.459. The molecule has 146 valence electrons. The summed E-state index contributed by atoms with van der Waals surface area (Å²) < 4.78 is 3.09. The summed E-state index contributed by atoms with van der Waals surface area (Å²) in [5.41, 5.74) is 0.427. The van der Waals surface area contributed by atoms with Gasteiger partial charge in [0.05, 0.1) is 12.5 Å². The molecule has 0 spiro atoms. The lowest BCUT2D eigenvalue weighted by Crippen LogP contribution is -2.55. The Morgan fingerprint density at radius 1 is 1.30 bits per heavy atom. The number of amides is 1. The van der Waals surface area contributed by atoms with Gasteiger partial charge in [-0.05, 0) is 12.8 Å². The molecule has 2 aromatic rings. The summed E-state index contributed by atoms with van der Waals surface area (Å²) >= 11 is 0. The van der Waals surface area contributed by atoms with Crippen LogP contribution >= 0.6 is 0 Å². The molecule has 0 bridgehead atoms. The van der Waals surface area contributed by atoms with Crippen LogP contribution in [-0.2, 0) is 18.4 Å². The van der Waals surface area contributed by atoms with Crippen molar-refractivity contribution in [3.63, 3.8) is 0 Å². The van der Waals surface area contributed by atoms with Gasteiger partial charge in [0.2, 0.25) is 5.91 Å². The van der Waals surface area contributed by atoms with Gasteiger partial charge in [0.25, 0.3) is 5.56 Å². The summed E-state index contributed by atoms with van der Waals surface area (Å²) in [5.74, 6) is 0.119. The highest BCUT2D eigenvalue weighted by Crippen LogP contribution is 2.17. The molecule has 2 aromatic heterocycles. The molecule has 1 amide bonds. The Kier molecular flexibility index (Phi) is 5.22. The molecule has 0 aromatic carbocycles. The van der Waals surface area contributed by atoms with Crippen molar-refractivity contribution in [3.8, 4) is 0 Å². The Bertz CT molecular complexity index is 868. The summed E-state index contributed by atoms with van der Waals surface area (Å²) in [6.07, 6.45) is 5.57. The van der Waals surface area contributed by atoms with Gasteiger partial charge >= 0.3 is 0 Å². The Morgan fingerprint density at radius 3 is 2.93 bits per heavy atom. The smallest absolute Gasteiger partial charge is 0.264 e. The number of aryl methyl sites for hydroxylation is 2. The fourth-order valence-electron chi connectivity index (χ4n) is 4.13. The van der Waals surface area contributed by atoms with Gasteiger partial charge in [0.1, 0.15) is 5.39 Å². The average molecular weight is 373 g/mol. The van der Waals surface area contributed by atoms with E-state index in [1.807, 2.05) is 4.90 Å². The third kappa shape index (κ3) is 3.74. The van der Waals surface area contributed by atoms with Crippen LogP contribution in [0, 0.1) is 0 Å². The van der Waals surface area contributed by atoms with E-state index >= 15 is 0 Å². The van der Waals surface area contributed by atoms with E-state index in [0.29, 0.717) is 30.0 Å². The van der Waals surface area contributed by atoms with Gasteiger partial charge < -0.3 is 10.2 Å². The number of piperazine rings is 1. The highest BCUT2D eigenvalue weighted by Gasteiger charge is 2.28. The zero-order chi connectivity index (χ0) is 18.8. The first-order chi connectivity index (χ1) is 13.1. The first kappa shape index (κ1) is 18.1. The molecule has 27 heavy (non-hydrogen) atoms. The molecule has 9 heteroatoms. The zero-order valence-electron chi connectivity index (χ0n) is 15.8. The number of carbonyl (C=O) groups excluding carboxylic acids is 1. The van der Waals surface area contributed by atoms with Gasteiger partial charge in [-0.2, -0.15) is 5.10 Å². The molecule has 0 radical (unpaired) electrons. The highest BCUT2D eigenvalue weighted by molar-refractivity contribution is 5.76. The molecule has 2 aliphatic heterocycles. The zero-order valence-corrected chi connectivity index (χ0v) is 15.8. The number of aromatic nitrogens is 4. The molecule has 2 fully saturated rings. The second-order valence-electron chi connectivity index (χ2n) is 7.42. The average Bonchev–Trinajstić information content (AvgIpc) is 3.10. The van der Waals surface area contributed by atoms with Crippen LogP contribution in [0.2, 0.25) is 0 Å². The quantitative estimate of drug-likeness (QED) is 0.771. The van der Waals surface area contributed by atoms with Crippen molar-refractivity contribution in [1.82, 2.24) is 34.4 Å². The lowest BCUT2D eigenvalue weighted by atomic mass is 10.0. The van der Waals surface area contributed by atoms with Gasteiger partial charge in [0.15, 0.2) is 5.65 Å². The summed E-state index contributed by atoms with van der Waals surface area (Å²) in [7, 11) is 1.76. The Labute approximate surface area is 157 Å². The maximum atomic E-state index is 12.7. The van der Waals surface area contributed by atoms with Crippen molar-refractivity contribution in [2.45, 2.75) is 31.8 Å². The molecule has 1 atom stereocenters. The number of fused-ring (bicyclic) bond motifs is 1. The minimum absolute atomic E-state index is 0.119. The number of likely N-dealkylation sites (tertiary alicyclic amines) is 1. The Morgan fingerprint density at radius 2 is 2.11 bits per heavy atom. The van der Waals surface area contributed by atoms with Gasteiger partial charge in [0, 0.05) is 65.3 Å². The van der Waals surface area contributed by atoms with Crippen molar-refractivity contribution in [1.29, 1.82) is 0 Å². The molecular formula is C18H27N7O2. The normalized spacial score (nSPS) is 21.7. The van der Waals surface area contributed by atoms with E-state index < -0.39 is 0 Å². The molecule has 0 saturated carbocycles. The predicted octanol–water partition coefficient (Wildman–Crippen LogP) is -0.584. The minimum atomic E-state index is -0.141. The van der Waals surface area contributed by atoms with Crippen molar-refractivity contribution in [2.75, 3.05) is 39.3 Å². The van der Waals surface area contributed by atoms with Crippen LogP contribution in [0.3, 0.4) is 0 Å². The van der Waals surface area contributed by atoms with E-state index in [-0.39, 0.29) is 11.5 Å². The topological polar surface area (TPSA) is 88.3 Å². The van der Waals surface area contributed by atoms with Crippen molar-refractivity contribution < 1.29 is 4.79 Å². The van der Waals surface area contributed by atoms with E-state index in [1.165, 1.54) is 17.1 Å². The standard InChI is InChI=1S/C18H27N7O2/c1-22-17-15(11-21-22)18(27)25(13-20-17)8-4-16(26)24-7-2-3-14(12-24)23-9-5-19-6-10-23/h11,13-14,19H,2-10,12H2,1H3. The van der Waals surface area contributed by atoms with Crippen LogP contribution in [0.5, 0.6) is 0 Å². The van der Waals surface area contributed by atoms with Gasteiger partial charge in [-0.1, -0.05) is 0 Å². The minimum Gasteiger partial charge on any atom is -0.341 e. The van der Waals surface area contributed by atoms with E-state index in [1.54, 1.807) is 11.7 Å². The Hall–Kier alpha value is -2.26. The van der Waals surface area contributed by atoms with E-state index in [0.717, 1.165) is 52.1 Å². The van der Waals surface area contributed by atoms with Gasteiger partial charge in [-0.15, -0.1) is 0 Å². The van der Waals surface area contributed by atoms with Crippen LogP contribution in [0.25, 0.3) is 11.0 Å². The third-order valence-electron chi connectivity index (χ3n) is 5.70. The number of hydrogen-bond acceptors (Lipinski definition) is 6. The fourth-order valence-corrected chi connectivity index (χ4v) is 4.13. The highest BCUT2D eigenvalue weighted by atomic mass is 16.2. The van der Waals surface area contributed by atoms with E-state index in [9.17, 15) is 9.59 Å². The first-order valence-electron chi connectivity index (χ1n) is 9.73. The number of nitrogens with one attached hydrogen (secondary N) is 1. The number of nitrogens with zero attached hydrogens (tertiary/aromatic N) is 6. The first-order valence-corrected chi connectivity index (χ1v) is 9.73. The van der Waals surface area contributed by atoms with Crippen molar-refractivity contribution >= 4 is 16.9 Å². The monoisotopic (exact) mass is 373 g/mol. The van der Waals surface area contributed by atoms with E-state index in [2.05, 4.69) is 20.3 Å². The Balaban J connectivity index is 1.37. The molecule has 4 heterocycles. The van der Waals surface area contributed by atoms with Crippen molar-refractivity contribution in [2.24, 2.45) is 7.05 Å². The third-order valence-corrected chi connectivity index (χ3v) is 5.70. The number of carbonyl (C=O) groups is 1. The molecule has 2 saturated heterocycles. The second kappa shape index (κ2) is 7.77. The number of hydrogen-bond donors (Lipinski definition) is 1. The molecule has 2 aliphatic rings. The largest absolute Gasteiger partial charge is 0.341 e. The van der Waals surface area contributed by atoms with Gasteiger partial charge in [-0.3, -0.25) is 23.7 Å². The molecule has 4 rings (SSSR count). The van der Waals surface area contributed by atoms with Crippen LogP contribution in [-0.4, -0.2) is 80.3 Å². The maximum Gasteiger partial charge on any atom is 0.264 e. The lowest BCUT2D eigenvalue weighted by molar-refractivity contribution is -0.133. The van der Waals surface area contributed by atoms with Gasteiger partial charge in [-0.25, -0.2) is 4.98 Å². The van der Waals surface area contributed by atoms with Crippen LogP contribution in [0.4, 0.5) is 0 Å². The predicted molar refractivity (Wildman–Crippen MR) is 101 cm³/mol. The number of rotatable bonds is 4. The van der Waals surface area contributed by atoms with Crippen LogP contribution in [0.1, 0.15) is 19.3 Å². The van der Waals surface area contributed by atoms with Crippen LogP contribution in [0.15, 0.2) is 17.3 Å². The molecule has 0 aliphatic carbocycles.